The predicted molar refractivity (Wildman–Crippen MR) is 133 cm³/mol. The summed E-state index contributed by atoms with van der Waals surface area (Å²) in [6.45, 7) is 2.18. The fourth-order valence-corrected chi connectivity index (χ4v) is 5.45. The summed E-state index contributed by atoms with van der Waals surface area (Å²) in [6, 6.07) is 26.7. The number of aryl methyl sites for hydroxylation is 1. The minimum absolute atomic E-state index is 0.0483. The minimum atomic E-state index is -3.52. The van der Waals surface area contributed by atoms with Gasteiger partial charge in [-0.25, -0.2) is 8.42 Å². The van der Waals surface area contributed by atoms with Gasteiger partial charge in [0.05, 0.1) is 18.1 Å². The molecule has 1 fully saturated rings. The van der Waals surface area contributed by atoms with Crippen LogP contribution >= 0.6 is 0 Å². The number of amides is 1. The Kier molecular flexibility index (Phi) is 8.11. The van der Waals surface area contributed by atoms with Gasteiger partial charge in [-0.3, -0.25) is 4.79 Å². The van der Waals surface area contributed by atoms with Crippen LogP contribution in [0.15, 0.2) is 89.8 Å². The number of hydrogen-bond donors (Lipinski definition) is 0. The number of carbonyl (C=O) groups excluding carboxylic acids is 1. The van der Waals surface area contributed by atoms with E-state index in [-0.39, 0.29) is 10.8 Å². The van der Waals surface area contributed by atoms with Crippen LogP contribution in [-0.2, 0) is 32.4 Å². The van der Waals surface area contributed by atoms with Gasteiger partial charge in [-0.1, -0.05) is 60.7 Å². The molecule has 6 nitrogen and oxygen atoms in total. The number of sulfonamides is 1. The molecule has 0 aliphatic carbocycles. The van der Waals surface area contributed by atoms with E-state index >= 15 is 0 Å². The second-order valence-corrected chi connectivity index (χ2v) is 10.2. The van der Waals surface area contributed by atoms with E-state index in [9.17, 15) is 13.2 Å². The van der Waals surface area contributed by atoms with Gasteiger partial charge in [0.25, 0.3) is 0 Å². The highest BCUT2D eigenvalue weighted by Crippen LogP contribution is 2.20. The van der Waals surface area contributed by atoms with Crippen molar-refractivity contribution in [3.63, 3.8) is 0 Å². The first kappa shape index (κ1) is 24.1. The summed E-state index contributed by atoms with van der Waals surface area (Å²) in [6.07, 6.45) is 1.67. The molecule has 1 aliphatic rings. The maximum Gasteiger partial charge on any atom is 0.243 e. The molecule has 1 amide bonds. The average molecular weight is 479 g/mol. The molecule has 34 heavy (non-hydrogen) atoms. The Morgan fingerprint density at radius 1 is 0.794 bits per heavy atom. The molecule has 7 heteroatoms. The zero-order valence-electron chi connectivity index (χ0n) is 19.2. The lowest BCUT2D eigenvalue weighted by atomic mass is 10.1. The van der Waals surface area contributed by atoms with E-state index in [1.807, 2.05) is 53.4 Å². The Hall–Kier alpha value is -3.00. The molecule has 1 aliphatic heterocycles. The van der Waals surface area contributed by atoms with Gasteiger partial charge in [-0.05, 0) is 48.2 Å². The molecule has 0 N–H and O–H groups in total. The third-order valence-corrected chi connectivity index (χ3v) is 7.91. The van der Waals surface area contributed by atoms with Crippen molar-refractivity contribution >= 4 is 21.6 Å². The van der Waals surface area contributed by atoms with E-state index < -0.39 is 10.0 Å². The molecule has 0 spiro atoms. The Labute approximate surface area is 201 Å². The van der Waals surface area contributed by atoms with Gasteiger partial charge in [0.2, 0.25) is 15.9 Å². The van der Waals surface area contributed by atoms with Crippen molar-refractivity contribution in [2.75, 3.05) is 37.7 Å². The summed E-state index contributed by atoms with van der Waals surface area (Å²) < 4.78 is 32.3. The summed E-state index contributed by atoms with van der Waals surface area (Å²) in [4.78, 5) is 15.3. The molecule has 1 saturated heterocycles. The molecule has 178 valence electrons. The molecular weight excluding hydrogens is 448 g/mol. The lowest BCUT2D eigenvalue weighted by Crippen LogP contribution is -2.40. The summed E-state index contributed by atoms with van der Waals surface area (Å²) >= 11 is 0. The maximum atomic E-state index is 13.2. The molecule has 0 radical (unpaired) electrons. The second kappa shape index (κ2) is 11.4. The van der Waals surface area contributed by atoms with Crippen molar-refractivity contribution < 1.29 is 17.9 Å². The van der Waals surface area contributed by atoms with Crippen LogP contribution in [0.1, 0.15) is 17.5 Å². The molecule has 0 bridgehead atoms. The van der Waals surface area contributed by atoms with Crippen LogP contribution in [-0.4, -0.2) is 51.5 Å². The summed E-state index contributed by atoms with van der Waals surface area (Å²) in [7, 11) is -3.52. The van der Waals surface area contributed by atoms with Gasteiger partial charge in [0.15, 0.2) is 0 Å². The number of hydrogen-bond acceptors (Lipinski definition) is 4. The number of ether oxygens (including phenoxy) is 1. The van der Waals surface area contributed by atoms with E-state index in [0.717, 1.165) is 17.7 Å². The fourth-order valence-electron chi connectivity index (χ4n) is 4.04. The number of para-hydroxylation sites is 1. The van der Waals surface area contributed by atoms with Crippen molar-refractivity contribution in [1.82, 2.24) is 4.31 Å². The topological polar surface area (TPSA) is 66.9 Å². The van der Waals surface area contributed by atoms with Crippen LogP contribution in [0.25, 0.3) is 0 Å². The van der Waals surface area contributed by atoms with E-state index in [1.165, 1.54) is 9.87 Å². The summed E-state index contributed by atoms with van der Waals surface area (Å²) in [5, 5.41) is 0. The van der Waals surface area contributed by atoms with Crippen LogP contribution in [0.5, 0.6) is 0 Å². The number of nitrogens with zero attached hydrogens (tertiary/aromatic N) is 2. The molecule has 3 aromatic carbocycles. The van der Waals surface area contributed by atoms with Crippen LogP contribution in [0.3, 0.4) is 0 Å². The Bertz CT molecular complexity index is 1160. The third-order valence-electron chi connectivity index (χ3n) is 5.99. The van der Waals surface area contributed by atoms with E-state index in [0.29, 0.717) is 45.7 Å². The Morgan fingerprint density at radius 3 is 2.03 bits per heavy atom. The molecule has 0 atom stereocenters. The van der Waals surface area contributed by atoms with Crippen LogP contribution < -0.4 is 4.90 Å². The molecule has 3 aromatic rings. The molecule has 0 unspecified atom stereocenters. The fraction of sp³-hybridized carbons (Fsp3) is 0.296. The first-order chi connectivity index (χ1) is 16.5. The number of carbonyl (C=O) groups is 1. The van der Waals surface area contributed by atoms with Gasteiger partial charge in [0.1, 0.15) is 0 Å². The van der Waals surface area contributed by atoms with E-state index in [1.54, 1.807) is 24.3 Å². The highest BCUT2D eigenvalue weighted by molar-refractivity contribution is 7.89. The summed E-state index contributed by atoms with van der Waals surface area (Å²) in [5.74, 6) is 0.0483. The van der Waals surface area contributed by atoms with Gasteiger partial charge in [0, 0.05) is 31.7 Å². The highest BCUT2D eigenvalue weighted by atomic mass is 32.2. The van der Waals surface area contributed by atoms with Crippen molar-refractivity contribution in [2.24, 2.45) is 0 Å². The van der Waals surface area contributed by atoms with Crippen LogP contribution in [0.2, 0.25) is 0 Å². The molecule has 0 aromatic heterocycles. The Morgan fingerprint density at radius 2 is 1.38 bits per heavy atom. The number of rotatable bonds is 9. The third kappa shape index (κ3) is 6.11. The maximum absolute atomic E-state index is 13.2. The van der Waals surface area contributed by atoms with Crippen LogP contribution in [0, 0.1) is 0 Å². The zero-order chi connectivity index (χ0) is 23.8. The predicted octanol–water partition coefficient (Wildman–Crippen LogP) is 3.92. The van der Waals surface area contributed by atoms with Crippen LogP contribution in [0.4, 0.5) is 5.69 Å². The molecule has 4 rings (SSSR count). The lowest BCUT2D eigenvalue weighted by Gasteiger charge is -2.26. The zero-order valence-corrected chi connectivity index (χ0v) is 20.0. The first-order valence-corrected chi connectivity index (χ1v) is 13.0. The largest absolute Gasteiger partial charge is 0.379 e. The molecular formula is C27H30N2O4S. The standard InChI is InChI=1S/C27H30N2O4S/c30-27(29(25-9-5-2-6-10-25)18-17-23-7-3-1-4-8-23)16-13-24-11-14-26(15-12-24)34(31,32)28-19-21-33-22-20-28/h1-12,14-15H,13,16-22H2. The smallest absolute Gasteiger partial charge is 0.243 e. The number of morpholine rings is 1. The second-order valence-electron chi connectivity index (χ2n) is 8.28. The minimum Gasteiger partial charge on any atom is -0.379 e. The van der Waals surface area contributed by atoms with Gasteiger partial charge >= 0.3 is 0 Å². The molecule has 0 saturated carbocycles. The van der Waals surface area contributed by atoms with Gasteiger partial charge < -0.3 is 9.64 Å². The SMILES string of the molecule is O=C(CCc1ccc(S(=O)(=O)N2CCOCC2)cc1)N(CCc1ccccc1)c1ccccc1. The number of anilines is 1. The quantitative estimate of drug-likeness (QED) is 0.468. The van der Waals surface area contributed by atoms with Crippen molar-refractivity contribution in [2.45, 2.75) is 24.2 Å². The van der Waals surface area contributed by atoms with Gasteiger partial charge in [-0.15, -0.1) is 0 Å². The van der Waals surface area contributed by atoms with Crippen molar-refractivity contribution in [3.8, 4) is 0 Å². The monoisotopic (exact) mass is 478 g/mol. The lowest BCUT2D eigenvalue weighted by molar-refractivity contribution is -0.118. The average Bonchev–Trinajstić information content (AvgIpc) is 2.89. The number of benzene rings is 3. The Balaban J connectivity index is 1.40. The van der Waals surface area contributed by atoms with E-state index in [2.05, 4.69) is 12.1 Å². The summed E-state index contributed by atoms with van der Waals surface area (Å²) in [5.41, 5.74) is 3.01. The normalized spacial score (nSPS) is 14.6. The highest BCUT2D eigenvalue weighted by Gasteiger charge is 2.26. The van der Waals surface area contributed by atoms with Gasteiger partial charge in [-0.2, -0.15) is 4.31 Å². The van der Waals surface area contributed by atoms with E-state index in [4.69, 9.17) is 4.74 Å². The molecule has 1 heterocycles. The van der Waals surface area contributed by atoms with Crippen molar-refractivity contribution in [1.29, 1.82) is 0 Å². The first-order valence-electron chi connectivity index (χ1n) is 11.6. The van der Waals surface area contributed by atoms with Crippen molar-refractivity contribution in [3.05, 3.63) is 96.1 Å².